The standard InChI is InChI=1S/C15H21Cl2N3O.ClH/c1-20(11-4-3-8-18-9-7-11)10-14(21)19-13-6-2-5-12(16)15(13)17;/h2,5-6,11,18H,3-4,7-10H2,1H3,(H,19,21);1H. The van der Waals surface area contributed by atoms with Gasteiger partial charge < -0.3 is 10.6 Å². The maximum absolute atomic E-state index is 12.1. The van der Waals surface area contributed by atoms with Crippen LogP contribution < -0.4 is 10.6 Å². The van der Waals surface area contributed by atoms with Crippen LogP contribution in [0.4, 0.5) is 5.69 Å². The highest BCUT2D eigenvalue weighted by atomic mass is 35.5. The highest BCUT2D eigenvalue weighted by Crippen LogP contribution is 2.29. The molecule has 1 amide bonds. The predicted octanol–water partition coefficient (Wildman–Crippen LogP) is 3.43. The largest absolute Gasteiger partial charge is 0.324 e. The summed E-state index contributed by atoms with van der Waals surface area (Å²) < 4.78 is 0. The van der Waals surface area contributed by atoms with Crippen LogP contribution in [-0.2, 0) is 4.79 Å². The molecule has 0 aliphatic carbocycles. The summed E-state index contributed by atoms with van der Waals surface area (Å²) in [6, 6.07) is 5.66. The van der Waals surface area contributed by atoms with E-state index in [0.717, 1.165) is 32.4 Å². The van der Waals surface area contributed by atoms with Gasteiger partial charge in [-0.25, -0.2) is 0 Å². The van der Waals surface area contributed by atoms with Crippen molar-refractivity contribution in [3.05, 3.63) is 28.2 Å². The molecule has 0 spiro atoms. The third kappa shape index (κ3) is 5.60. The molecular formula is C15H22Cl3N3O. The number of carbonyl (C=O) groups excluding carboxylic acids is 1. The van der Waals surface area contributed by atoms with Crippen LogP contribution in [0.15, 0.2) is 18.2 Å². The highest BCUT2D eigenvalue weighted by molar-refractivity contribution is 6.43. The minimum Gasteiger partial charge on any atom is -0.324 e. The van der Waals surface area contributed by atoms with Crippen molar-refractivity contribution in [3.8, 4) is 0 Å². The van der Waals surface area contributed by atoms with E-state index in [-0.39, 0.29) is 18.3 Å². The summed E-state index contributed by atoms with van der Waals surface area (Å²) in [6.07, 6.45) is 3.34. The molecule has 1 aliphatic heterocycles. The van der Waals surface area contributed by atoms with Gasteiger partial charge in [0.15, 0.2) is 0 Å². The molecule has 1 atom stereocenters. The van der Waals surface area contributed by atoms with Crippen LogP contribution in [-0.4, -0.2) is 43.5 Å². The second kappa shape index (κ2) is 9.58. The number of hydrogen-bond acceptors (Lipinski definition) is 3. The van der Waals surface area contributed by atoms with Crippen LogP contribution in [0.5, 0.6) is 0 Å². The summed E-state index contributed by atoms with van der Waals surface area (Å²) >= 11 is 12.0. The van der Waals surface area contributed by atoms with Gasteiger partial charge in [0.2, 0.25) is 5.91 Å². The van der Waals surface area contributed by atoms with Crippen LogP contribution in [0.25, 0.3) is 0 Å². The topological polar surface area (TPSA) is 44.4 Å². The lowest BCUT2D eigenvalue weighted by molar-refractivity contribution is -0.117. The molecule has 1 heterocycles. The van der Waals surface area contributed by atoms with E-state index in [9.17, 15) is 4.79 Å². The fourth-order valence-corrected chi connectivity index (χ4v) is 2.93. The second-order valence-electron chi connectivity index (χ2n) is 5.40. The number of amides is 1. The number of nitrogens with zero attached hydrogens (tertiary/aromatic N) is 1. The Kier molecular flexibility index (Phi) is 8.50. The van der Waals surface area contributed by atoms with Crippen molar-refractivity contribution in [2.24, 2.45) is 0 Å². The predicted molar refractivity (Wildman–Crippen MR) is 95.5 cm³/mol. The summed E-state index contributed by atoms with van der Waals surface area (Å²) in [5.74, 6) is -0.0705. The van der Waals surface area contributed by atoms with E-state index in [1.54, 1.807) is 18.2 Å². The summed E-state index contributed by atoms with van der Waals surface area (Å²) in [5, 5.41) is 7.03. The average Bonchev–Trinajstić information content (AvgIpc) is 2.73. The van der Waals surface area contributed by atoms with E-state index in [1.807, 2.05) is 7.05 Å². The van der Waals surface area contributed by atoms with Crippen molar-refractivity contribution in [2.75, 3.05) is 32.0 Å². The molecule has 1 saturated heterocycles. The number of benzene rings is 1. The van der Waals surface area contributed by atoms with E-state index < -0.39 is 0 Å². The number of carbonyl (C=O) groups is 1. The highest BCUT2D eigenvalue weighted by Gasteiger charge is 2.19. The molecule has 4 nitrogen and oxygen atoms in total. The van der Waals surface area contributed by atoms with Crippen molar-refractivity contribution >= 4 is 47.2 Å². The Morgan fingerprint density at radius 3 is 2.91 bits per heavy atom. The zero-order valence-corrected chi connectivity index (χ0v) is 14.9. The normalized spacial score (nSPS) is 18.5. The van der Waals surface area contributed by atoms with Crippen molar-refractivity contribution < 1.29 is 4.79 Å². The average molecular weight is 367 g/mol. The molecule has 1 unspecified atom stereocenters. The fourth-order valence-electron chi connectivity index (χ4n) is 2.59. The van der Waals surface area contributed by atoms with E-state index in [2.05, 4.69) is 15.5 Å². The first kappa shape index (κ1) is 19.5. The number of rotatable bonds is 4. The monoisotopic (exact) mass is 365 g/mol. The molecule has 1 aliphatic rings. The zero-order chi connectivity index (χ0) is 15.2. The minimum absolute atomic E-state index is 0. The van der Waals surface area contributed by atoms with Gasteiger partial charge in [-0.05, 0) is 51.5 Å². The summed E-state index contributed by atoms with van der Waals surface area (Å²) in [6.45, 7) is 2.43. The number of nitrogens with one attached hydrogen (secondary N) is 2. The molecule has 2 rings (SSSR count). The molecule has 1 aromatic carbocycles. The lowest BCUT2D eigenvalue weighted by Crippen LogP contribution is -2.38. The minimum atomic E-state index is -0.0705. The molecule has 2 N–H and O–H groups in total. The van der Waals surface area contributed by atoms with E-state index in [1.165, 1.54) is 0 Å². The Hall–Kier alpha value is -0.520. The molecule has 0 saturated carbocycles. The van der Waals surface area contributed by atoms with Gasteiger partial charge in [0, 0.05) is 6.04 Å². The zero-order valence-electron chi connectivity index (χ0n) is 12.6. The Bertz CT molecular complexity index is 491. The van der Waals surface area contributed by atoms with Crippen LogP contribution in [0.2, 0.25) is 10.0 Å². The van der Waals surface area contributed by atoms with Gasteiger partial charge in [-0.3, -0.25) is 9.69 Å². The molecular weight excluding hydrogens is 345 g/mol. The fraction of sp³-hybridized carbons (Fsp3) is 0.533. The van der Waals surface area contributed by atoms with Gasteiger partial charge in [-0.1, -0.05) is 29.3 Å². The Morgan fingerprint density at radius 1 is 1.36 bits per heavy atom. The van der Waals surface area contributed by atoms with Crippen molar-refractivity contribution in [1.82, 2.24) is 10.2 Å². The van der Waals surface area contributed by atoms with Crippen molar-refractivity contribution in [3.63, 3.8) is 0 Å². The Morgan fingerprint density at radius 2 is 2.14 bits per heavy atom. The quantitative estimate of drug-likeness (QED) is 0.858. The van der Waals surface area contributed by atoms with E-state index in [4.69, 9.17) is 23.2 Å². The summed E-state index contributed by atoms with van der Waals surface area (Å²) in [4.78, 5) is 14.3. The maximum Gasteiger partial charge on any atom is 0.238 e. The SMILES string of the molecule is CN(CC(=O)Nc1cccc(Cl)c1Cl)C1CCCNCC1.Cl. The summed E-state index contributed by atoms with van der Waals surface area (Å²) in [5.41, 5.74) is 0.560. The first-order valence-electron chi connectivity index (χ1n) is 7.22. The molecule has 0 bridgehead atoms. The number of hydrogen-bond donors (Lipinski definition) is 2. The first-order chi connectivity index (χ1) is 10.1. The third-order valence-corrected chi connectivity index (χ3v) is 4.61. The lowest BCUT2D eigenvalue weighted by atomic mass is 10.1. The van der Waals surface area contributed by atoms with Gasteiger partial charge in [-0.2, -0.15) is 0 Å². The third-order valence-electron chi connectivity index (χ3n) is 3.79. The first-order valence-corrected chi connectivity index (χ1v) is 7.98. The van der Waals surface area contributed by atoms with E-state index in [0.29, 0.717) is 28.3 Å². The lowest BCUT2D eigenvalue weighted by Gasteiger charge is -2.26. The van der Waals surface area contributed by atoms with Crippen molar-refractivity contribution in [1.29, 1.82) is 0 Å². The Labute approximate surface area is 147 Å². The molecule has 7 heteroatoms. The molecule has 0 aromatic heterocycles. The molecule has 1 aromatic rings. The van der Waals surface area contributed by atoms with Crippen LogP contribution in [0.1, 0.15) is 19.3 Å². The smallest absolute Gasteiger partial charge is 0.238 e. The van der Waals surface area contributed by atoms with Gasteiger partial charge in [0.25, 0.3) is 0 Å². The molecule has 124 valence electrons. The number of anilines is 1. The van der Waals surface area contributed by atoms with Gasteiger partial charge in [-0.15, -0.1) is 12.4 Å². The Balaban J connectivity index is 0.00000242. The van der Waals surface area contributed by atoms with Crippen LogP contribution in [0.3, 0.4) is 0 Å². The van der Waals surface area contributed by atoms with Crippen molar-refractivity contribution in [2.45, 2.75) is 25.3 Å². The molecule has 1 fully saturated rings. The second-order valence-corrected chi connectivity index (χ2v) is 6.18. The number of halogens is 3. The van der Waals surface area contributed by atoms with Gasteiger partial charge in [0.1, 0.15) is 0 Å². The molecule has 0 radical (unpaired) electrons. The maximum atomic E-state index is 12.1. The van der Waals surface area contributed by atoms with E-state index >= 15 is 0 Å². The van der Waals surface area contributed by atoms with Gasteiger partial charge in [0.05, 0.1) is 22.3 Å². The van der Waals surface area contributed by atoms with Crippen LogP contribution in [0, 0.1) is 0 Å². The molecule has 22 heavy (non-hydrogen) atoms. The summed E-state index contributed by atoms with van der Waals surface area (Å²) in [7, 11) is 2.00. The van der Waals surface area contributed by atoms with Crippen LogP contribution >= 0.6 is 35.6 Å². The number of likely N-dealkylation sites (N-methyl/N-ethyl adjacent to an activating group) is 1. The van der Waals surface area contributed by atoms with Gasteiger partial charge >= 0.3 is 0 Å².